The molecule has 2 aliphatic rings. The Bertz CT molecular complexity index is 653. The van der Waals surface area contributed by atoms with Gasteiger partial charge in [-0.1, -0.05) is 32.1 Å². The van der Waals surface area contributed by atoms with Crippen LogP contribution < -0.4 is 0 Å². The predicted octanol–water partition coefficient (Wildman–Crippen LogP) is 4.38. The Morgan fingerprint density at radius 3 is 2.64 bits per heavy atom. The molecular formula is C21H30O4. The van der Waals surface area contributed by atoms with E-state index in [0.717, 1.165) is 25.7 Å². The summed E-state index contributed by atoms with van der Waals surface area (Å²) in [6, 6.07) is 0. The molecule has 0 aromatic rings. The number of aliphatic hydroxyl groups is 2. The lowest BCUT2D eigenvalue weighted by Gasteiger charge is -2.45. The number of aliphatic hydroxyl groups excluding tert-OH is 1. The average molecular weight is 346 g/mol. The minimum atomic E-state index is -1.63. The van der Waals surface area contributed by atoms with Crippen molar-refractivity contribution in [1.82, 2.24) is 0 Å². The highest BCUT2D eigenvalue weighted by Gasteiger charge is 2.53. The van der Waals surface area contributed by atoms with Crippen molar-refractivity contribution in [3.8, 4) is 0 Å². The van der Waals surface area contributed by atoms with Crippen LogP contribution in [0.2, 0.25) is 0 Å². The summed E-state index contributed by atoms with van der Waals surface area (Å²) in [7, 11) is 1.32. The standard InChI is InChI=1S/C21H30O4/c1-6-10-16-14(4)19(22)17(15-11-8-7-9-12-15)21(24,13(2)3)18(16)20(23)25-5/h8,11,15,17,22,24H,2,6-7,9-10,12H2,1,3-5H3/t15?,17-,21?/m1/s1. The lowest BCUT2D eigenvalue weighted by atomic mass is 9.62. The zero-order valence-electron chi connectivity index (χ0n) is 15.8. The van der Waals surface area contributed by atoms with E-state index in [9.17, 15) is 15.0 Å². The first kappa shape index (κ1) is 19.5. The highest BCUT2D eigenvalue weighted by Crippen LogP contribution is 2.50. The number of methoxy groups -OCH3 is 1. The van der Waals surface area contributed by atoms with Gasteiger partial charge < -0.3 is 14.9 Å². The molecule has 0 radical (unpaired) electrons. The predicted molar refractivity (Wildman–Crippen MR) is 99.0 cm³/mol. The summed E-state index contributed by atoms with van der Waals surface area (Å²) in [6.45, 7) is 9.50. The summed E-state index contributed by atoms with van der Waals surface area (Å²) >= 11 is 0. The van der Waals surface area contributed by atoms with Gasteiger partial charge in [0.25, 0.3) is 0 Å². The summed E-state index contributed by atoms with van der Waals surface area (Å²) in [5, 5.41) is 22.7. The van der Waals surface area contributed by atoms with Gasteiger partial charge in [0, 0.05) is 0 Å². The third-order valence-electron chi connectivity index (χ3n) is 5.52. The lowest BCUT2D eigenvalue weighted by Crippen LogP contribution is -2.50. The van der Waals surface area contributed by atoms with E-state index >= 15 is 0 Å². The van der Waals surface area contributed by atoms with Gasteiger partial charge >= 0.3 is 5.97 Å². The van der Waals surface area contributed by atoms with Gasteiger partial charge in [-0.05, 0) is 62.2 Å². The molecule has 0 aromatic heterocycles. The quantitative estimate of drug-likeness (QED) is 0.572. The maximum Gasteiger partial charge on any atom is 0.337 e. The number of carbonyl (C=O) groups is 1. The smallest absolute Gasteiger partial charge is 0.337 e. The van der Waals surface area contributed by atoms with Gasteiger partial charge in [-0.2, -0.15) is 0 Å². The van der Waals surface area contributed by atoms with Gasteiger partial charge in [-0.25, -0.2) is 4.79 Å². The van der Waals surface area contributed by atoms with Crippen molar-refractivity contribution in [3.05, 3.63) is 46.8 Å². The number of allylic oxidation sites excluding steroid dienone is 4. The van der Waals surface area contributed by atoms with Crippen molar-refractivity contribution < 1.29 is 19.7 Å². The molecular weight excluding hydrogens is 316 g/mol. The molecule has 4 heteroatoms. The molecule has 0 saturated carbocycles. The second-order valence-corrected chi connectivity index (χ2v) is 7.15. The summed E-state index contributed by atoms with van der Waals surface area (Å²) in [6.07, 6.45) is 8.35. The molecule has 0 heterocycles. The minimum absolute atomic E-state index is 0.0479. The number of hydrogen-bond acceptors (Lipinski definition) is 4. The van der Waals surface area contributed by atoms with E-state index in [1.54, 1.807) is 6.92 Å². The van der Waals surface area contributed by atoms with E-state index in [1.165, 1.54) is 7.11 Å². The Morgan fingerprint density at radius 1 is 1.48 bits per heavy atom. The first-order valence-electron chi connectivity index (χ1n) is 9.07. The van der Waals surface area contributed by atoms with Gasteiger partial charge in [0.1, 0.15) is 11.4 Å². The van der Waals surface area contributed by atoms with Crippen molar-refractivity contribution in [2.45, 2.75) is 58.5 Å². The van der Waals surface area contributed by atoms with E-state index in [4.69, 9.17) is 4.74 Å². The zero-order valence-corrected chi connectivity index (χ0v) is 15.8. The molecule has 0 bridgehead atoms. The third kappa shape index (κ3) is 3.20. The Hall–Kier alpha value is -1.81. The van der Waals surface area contributed by atoms with E-state index < -0.39 is 17.5 Å². The molecule has 2 unspecified atom stereocenters. The maximum atomic E-state index is 12.6. The fraction of sp³-hybridized carbons (Fsp3) is 0.571. The van der Waals surface area contributed by atoms with E-state index in [-0.39, 0.29) is 17.3 Å². The van der Waals surface area contributed by atoms with Crippen molar-refractivity contribution in [2.75, 3.05) is 7.11 Å². The Morgan fingerprint density at radius 2 is 2.16 bits per heavy atom. The van der Waals surface area contributed by atoms with Gasteiger partial charge in [0.2, 0.25) is 0 Å². The molecule has 0 aliphatic heterocycles. The van der Waals surface area contributed by atoms with Crippen LogP contribution in [0.4, 0.5) is 0 Å². The fourth-order valence-corrected chi connectivity index (χ4v) is 4.21. The van der Waals surface area contributed by atoms with Crippen molar-refractivity contribution in [3.63, 3.8) is 0 Å². The Labute approximate surface area is 150 Å². The van der Waals surface area contributed by atoms with Crippen molar-refractivity contribution in [1.29, 1.82) is 0 Å². The first-order chi connectivity index (χ1) is 11.8. The Balaban J connectivity index is 2.75. The molecule has 138 valence electrons. The minimum Gasteiger partial charge on any atom is -0.512 e. The third-order valence-corrected chi connectivity index (χ3v) is 5.52. The summed E-state index contributed by atoms with van der Waals surface area (Å²) < 4.78 is 5.01. The molecule has 3 atom stereocenters. The van der Waals surface area contributed by atoms with Crippen molar-refractivity contribution >= 4 is 5.97 Å². The molecule has 0 aromatic carbocycles. The number of hydrogen-bond donors (Lipinski definition) is 2. The van der Waals surface area contributed by atoms with Crippen LogP contribution in [0.25, 0.3) is 0 Å². The number of carbonyl (C=O) groups excluding carboxylic acids is 1. The fourth-order valence-electron chi connectivity index (χ4n) is 4.21. The van der Waals surface area contributed by atoms with E-state index in [1.807, 2.05) is 19.9 Å². The zero-order chi connectivity index (χ0) is 18.8. The molecule has 2 N–H and O–H groups in total. The number of esters is 1. The molecule has 0 saturated heterocycles. The number of rotatable bonds is 5. The Kier molecular flexibility index (Phi) is 5.94. The van der Waals surface area contributed by atoms with Crippen LogP contribution in [0.5, 0.6) is 0 Å². The maximum absolute atomic E-state index is 12.6. The van der Waals surface area contributed by atoms with Crippen LogP contribution in [0, 0.1) is 11.8 Å². The van der Waals surface area contributed by atoms with Crippen LogP contribution in [0.3, 0.4) is 0 Å². The second kappa shape index (κ2) is 7.61. The van der Waals surface area contributed by atoms with Gasteiger partial charge in [0.05, 0.1) is 18.6 Å². The summed E-state index contributed by atoms with van der Waals surface area (Å²) in [4.78, 5) is 12.6. The summed E-state index contributed by atoms with van der Waals surface area (Å²) in [5.41, 5.74) is 0.409. The van der Waals surface area contributed by atoms with Crippen LogP contribution >= 0.6 is 0 Å². The molecule has 4 nitrogen and oxygen atoms in total. The van der Waals surface area contributed by atoms with Crippen LogP contribution in [0.15, 0.2) is 46.8 Å². The SMILES string of the molecule is C=C(C)C1(O)C(C(=O)OC)=C(CCC)C(C)=C(O)[C@H]1C1C=CCCC1. The largest absolute Gasteiger partial charge is 0.512 e. The molecule has 0 fully saturated rings. The first-order valence-corrected chi connectivity index (χ1v) is 9.07. The molecule has 0 amide bonds. The average Bonchev–Trinajstić information content (AvgIpc) is 2.60. The highest BCUT2D eigenvalue weighted by atomic mass is 16.5. The molecule has 0 spiro atoms. The van der Waals surface area contributed by atoms with Crippen molar-refractivity contribution in [2.24, 2.45) is 11.8 Å². The van der Waals surface area contributed by atoms with Gasteiger partial charge in [-0.3, -0.25) is 0 Å². The van der Waals surface area contributed by atoms with E-state index in [2.05, 4.69) is 12.7 Å². The van der Waals surface area contributed by atoms with Gasteiger partial charge in [-0.15, -0.1) is 0 Å². The molecule has 2 aliphatic carbocycles. The normalized spacial score (nSPS) is 29.8. The lowest BCUT2D eigenvalue weighted by molar-refractivity contribution is -0.139. The highest BCUT2D eigenvalue weighted by molar-refractivity contribution is 5.94. The second-order valence-electron chi connectivity index (χ2n) is 7.15. The topological polar surface area (TPSA) is 66.8 Å². The van der Waals surface area contributed by atoms with E-state index in [0.29, 0.717) is 23.1 Å². The summed E-state index contributed by atoms with van der Waals surface area (Å²) in [5.74, 6) is -1.05. The van der Waals surface area contributed by atoms with Crippen LogP contribution in [-0.2, 0) is 9.53 Å². The molecule has 2 rings (SSSR count). The van der Waals surface area contributed by atoms with Crippen LogP contribution in [0.1, 0.15) is 52.9 Å². The monoisotopic (exact) mass is 346 g/mol. The number of ether oxygens (including phenoxy) is 1. The molecule has 25 heavy (non-hydrogen) atoms. The van der Waals surface area contributed by atoms with Crippen LogP contribution in [-0.4, -0.2) is 28.9 Å². The van der Waals surface area contributed by atoms with Gasteiger partial charge in [0.15, 0.2) is 0 Å².